The SMILES string of the molecule is COC(=O)CSCC1C(OC)N(Cc2ccccc2)C(=O)N1Cc1ccccc1. The van der Waals surface area contributed by atoms with Crippen molar-refractivity contribution < 1.29 is 19.1 Å². The van der Waals surface area contributed by atoms with E-state index in [0.717, 1.165) is 11.1 Å². The van der Waals surface area contributed by atoms with Crippen LogP contribution in [0.2, 0.25) is 0 Å². The number of amides is 2. The molecule has 3 rings (SSSR count). The van der Waals surface area contributed by atoms with Crippen LogP contribution in [-0.2, 0) is 27.4 Å². The smallest absolute Gasteiger partial charge is 0.323 e. The number of carbonyl (C=O) groups excluding carboxylic acids is 2. The van der Waals surface area contributed by atoms with Crippen molar-refractivity contribution in [3.05, 3.63) is 71.8 Å². The Balaban J connectivity index is 1.80. The predicted molar refractivity (Wildman–Crippen MR) is 113 cm³/mol. The van der Waals surface area contributed by atoms with Crippen LogP contribution in [0.5, 0.6) is 0 Å². The van der Waals surface area contributed by atoms with E-state index in [4.69, 9.17) is 9.47 Å². The minimum absolute atomic E-state index is 0.0618. The van der Waals surface area contributed by atoms with Gasteiger partial charge in [-0.3, -0.25) is 9.69 Å². The molecule has 0 saturated carbocycles. The Bertz CT molecular complexity index is 803. The molecule has 0 spiro atoms. The molecular formula is C22H26N2O4S. The monoisotopic (exact) mass is 414 g/mol. The van der Waals surface area contributed by atoms with Crippen molar-refractivity contribution >= 4 is 23.8 Å². The average Bonchev–Trinajstić information content (AvgIpc) is 3.00. The molecule has 1 aliphatic heterocycles. The Labute approximate surface area is 175 Å². The first-order valence-corrected chi connectivity index (χ1v) is 10.6. The number of urea groups is 1. The summed E-state index contributed by atoms with van der Waals surface area (Å²) >= 11 is 1.45. The number of thioether (sulfide) groups is 1. The summed E-state index contributed by atoms with van der Waals surface area (Å²) < 4.78 is 10.5. The molecule has 1 saturated heterocycles. The first-order chi connectivity index (χ1) is 14.1. The van der Waals surface area contributed by atoms with Gasteiger partial charge in [0.25, 0.3) is 0 Å². The molecule has 0 aliphatic carbocycles. The van der Waals surface area contributed by atoms with Crippen molar-refractivity contribution in [2.75, 3.05) is 25.7 Å². The second-order valence-corrected chi connectivity index (χ2v) is 7.82. The fraction of sp³-hybridized carbons (Fsp3) is 0.364. The summed E-state index contributed by atoms with van der Waals surface area (Å²) in [7, 11) is 3.00. The molecular weight excluding hydrogens is 388 g/mol. The van der Waals surface area contributed by atoms with E-state index in [1.165, 1.54) is 18.9 Å². The van der Waals surface area contributed by atoms with E-state index >= 15 is 0 Å². The second-order valence-electron chi connectivity index (χ2n) is 6.79. The van der Waals surface area contributed by atoms with E-state index in [9.17, 15) is 9.59 Å². The highest BCUT2D eigenvalue weighted by molar-refractivity contribution is 7.99. The molecule has 6 nitrogen and oxygen atoms in total. The van der Waals surface area contributed by atoms with Gasteiger partial charge in [-0.25, -0.2) is 4.79 Å². The van der Waals surface area contributed by atoms with Gasteiger partial charge in [-0.2, -0.15) is 0 Å². The summed E-state index contributed by atoms with van der Waals surface area (Å²) in [5, 5.41) is 0. The maximum atomic E-state index is 13.3. The molecule has 2 unspecified atom stereocenters. The molecule has 2 atom stereocenters. The average molecular weight is 415 g/mol. The fourth-order valence-corrected chi connectivity index (χ4v) is 4.45. The molecule has 1 heterocycles. The molecule has 2 aromatic rings. The van der Waals surface area contributed by atoms with E-state index in [1.807, 2.05) is 65.6 Å². The number of carbonyl (C=O) groups is 2. The number of nitrogens with zero attached hydrogens (tertiary/aromatic N) is 2. The lowest BCUT2D eigenvalue weighted by atomic mass is 10.2. The largest absolute Gasteiger partial charge is 0.468 e. The first-order valence-electron chi connectivity index (χ1n) is 9.46. The molecule has 7 heteroatoms. The quantitative estimate of drug-likeness (QED) is 0.589. The minimum Gasteiger partial charge on any atom is -0.468 e. The molecule has 0 radical (unpaired) electrons. The number of ether oxygens (including phenoxy) is 2. The van der Waals surface area contributed by atoms with Gasteiger partial charge < -0.3 is 14.4 Å². The highest BCUT2D eigenvalue weighted by Gasteiger charge is 2.45. The lowest BCUT2D eigenvalue weighted by Gasteiger charge is -2.26. The molecule has 29 heavy (non-hydrogen) atoms. The van der Waals surface area contributed by atoms with Crippen molar-refractivity contribution in [1.29, 1.82) is 0 Å². The zero-order chi connectivity index (χ0) is 20.6. The molecule has 0 aromatic heterocycles. The maximum Gasteiger partial charge on any atom is 0.323 e. The third kappa shape index (κ3) is 5.31. The topological polar surface area (TPSA) is 59.1 Å². The van der Waals surface area contributed by atoms with Crippen LogP contribution in [0.4, 0.5) is 4.79 Å². The Morgan fingerprint density at radius 1 is 0.931 bits per heavy atom. The number of hydrogen-bond acceptors (Lipinski definition) is 5. The second kappa shape index (κ2) is 10.3. The van der Waals surface area contributed by atoms with Crippen molar-refractivity contribution in [2.24, 2.45) is 0 Å². The third-order valence-corrected chi connectivity index (χ3v) is 5.91. The van der Waals surface area contributed by atoms with E-state index in [0.29, 0.717) is 18.8 Å². The zero-order valence-electron chi connectivity index (χ0n) is 16.7. The number of methoxy groups -OCH3 is 2. The van der Waals surface area contributed by atoms with E-state index in [2.05, 4.69) is 0 Å². The van der Waals surface area contributed by atoms with Gasteiger partial charge in [0.1, 0.15) is 0 Å². The summed E-state index contributed by atoms with van der Waals surface area (Å²) in [4.78, 5) is 28.4. The van der Waals surface area contributed by atoms with E-state index < -0.39 is 6.23 Å². The lowest BCUT2D eigenvalue weighted by molar-refractivity contribution is -0.137. The Hall–Kier alpha value is -2.51. The van der Waals surface area contributed by atoms with Crippen LogP contribution in [0, 0.1) is 0 Å². The summed E-state index contributed by atoms with van der Waals surface area (Å²) in [6.07, 6.45) is -0.392. The molecule has 2 aromatic carbocycles. The molecule has 0 N–H and O–H groups in total. The standard InChI is InChI=1S/C22H26N2O4S/c1-27-20(25)16-29-15-19-21(28-2)24(14-18-11-7-4-8-12-18)22(26)23(19)13-17-9-5-3-6-10-17/h3-12,19,21H,13-16H2,1-2H3. The highest BCUT2D eigenvalue weighted by Crippen LogP contribution is 2.30. The van der Waals surface area contributed by atoms with Gasteiger partial charge in [0.05, 0.1) is 25.4 Å². The minimum atomic E-state index is -0.392. The number of esters is 1. The number of hydrogen-bond donors (Lipinski definition) is 0. The highest BCUT2D eigenvalue weighted by atomic mass is 32.2. The van der Waals surface area contributed by atoms with Crippen LogP contribution in [0.15, 0.2) is 60.7 Å². The van der Waals surface area contributed by atoms with Gasteiger partial charge in [0.2, 0.25) is 0 Å². The van der Waals surface area contributed by atoms with Gasteiger partial charge >= 0.3 is 12.0 Å². The van der Waals surface area contributed by atoms with Crippen LogP contribution < -0.4 is 0 Å². The fourth-order valence-electron chi connectivity index (χ4n) is 3.46. The van der Waals surface area contributed by atoms with Crippen molar-refractivity contribution in [2.45, 2.75) is 25.4 Å². The van der Waals surface area contributed by atoms with Crippen molar-refractivity contribution in [1.82, 2.24) is 9.80 Å². The summed E-state index contributed by atoms with van der Waals surface area (Å²) in [5.41, 5.74) is 2.10. The predicted octanol–water partition coefficient (Wildman–Crippen LogP) is 3.37. The lowest BCUT2D eigenvalue weighted by Crippen LogP contribution is -2.40. The van der Waals surface area contributed by atoms with Crippen LogP contribution >= 0.6 is 11.8 Å². The van der Waals surface area contributed by atoms with Crippen LogP contribution in [0.3, 0.4) is 0 Å². The van der Waals surface area contributed by atoms with Gasteiger partial charge in [-0.1, -0.05) is 60.7 Å². The number of benzene rings is 2. The van der Waals surface area contributed by atoms with Crippen molar-refractivity contribution in [3.8, 4) is 0 Å². The van der Waals surface area contributed by atoms with Crippen LogP contribution in [0.25, 0.3) is 0 Å². The maximum absolute atomic E-state index is 13.3. The molecule has 1 aliphatic rings. The van der Waals surface area contributed by atoms with E-state index in [-0.39, 0.29) is 23.8 Å². The third-order valence-electron chi connectivity index (χ3n) is 4.90. The van der Waals surface area contributed by atoms with Gasteiger partial charge in [0, 0.05) is 19.4 Å². The molecule has 1 fully saturated rings. The summed E-state index contributed by atoms with van der Waals surface area (Å²) in [6, 6.07) is 19.5. The summed E-state index contributed by atoms with van der Waals surface area (Å²) in [6.45, 7) is 0.968. The normalized spacial score (nSPS) is 18.9. The Kier molecular flexibility index (Phi) is 7.55. The van der Waals surface area contributed by atoms with Gasteiger partial charge in [0.15, 0.2) is 6.23 Å². The molecule has 154 valence electrons. The Morgan fingerprint density at radius 2 is 1.48 bits per heavy atom. The van der Waals surface area contributed by atoms with Gasteiger partial charge in [-0.05, 0) is 11.1 Å². The molecule has 2 amide bonds. The Morgan fingerprint density at radius 3 is 2.00 bits per heavy atom. The van der Waals surface area contributed by atoms with E-state index in [1.54, 1.807) is 12.0 Å². The van der Waals surface area contributed by atoms with Crippen LogP contribution in [0.1, 0.15) is 11.1 Å². The zero-order valence-corrected chi connectivity index (χ0v) is 17.5. The summed E-state index contributed by atoms with van der Waals surface area (Å²) in [5.74, 6) is 0.552. The molecule has 0 bridgehead atoms. The number of rotatable bonds is 9. The van der Waals surface area contributed by atoms with Gasteiger partial charge in [-0.15, -0.1) is 11.8 Å². The van der Waals surface area contributed by atoms with Crippen molar-refractivity contribution in [3.63, 3.8) is 0 Å². The first kappa shape index (κ1) is 21.2. The van der Waals surface area contributed by atoms with Crippen LogP contribution in [-0.4, -0.2) is 59.8 Å².